The SMILES string of the molecule is Cc1ccnc(NC(=O)c2cnc(C)cc2N)c1. The number of pyridine rings is 2. The number of carbonyl (C=O) groups is 1. The van der Waals surface area contributed by atoms with E-state index in [4.69, 9.17) is 5.73 Å². The van der Waals surface area contributed by atoms with Gasteiger partial charge in [0, 0.05) is 23.8 Å². The smallest absolute Gasteiger partial charge is 0.260 e. The van der Waals surface area contributed by atoms with Gasteiger partial charge < -0.3 is 11.1 Å². The number of nitrogens with one attached hydrogen (secondary N) is 1. The van der Waals surface area contributed by atoms with Crippen molar-refractivity contribution in [3.63, 3.8) is 0 Å². The Hall–Kier alpha value is -2.43. The van der Waals surface area contributed by atoms with Crippen LogP contribution in [0.15, 0.2) is 30.6 Å². The maximum atomic E-state index is 12.0. The molecule has 3 N–H and O–H groups in total. The third-order valence-corrected chi connectivity index (χ3v) is 2.47. The van der Waals surface area contributed by atoms with E-state index in [1.165, 1.54) is 6.20 Å². The number of hydrogen-bond donors (Lipinski definition) is 2. The van der Waals surface area contributed by atoms with Gasteiger partial charge in [0.15, 0.2) is 0 Å². The maximum Gasteiger partial charge on any atom is 0.260 e. The molecule has 0 aromatic carbocycles. The Bertz CT molecular complexity index is 595. The minimum absolute atomic E-state index is 0.307. The van der Waals surface area contributed by atoms with E-state index >= 15 is 0 Å². The monoisotopic (exact) mass is 242 g/mol. The fraction of sp³-hybridized carbons (Fsp3) is 0.154. The second kappa shape index (κ2) is 4.83. The zero-order chi connectivity index (χ0) is 13.1. The van der Waals surface area contributed by atoms with Gasteiger partial charge in [0.05, 0.1) is 5.56 Å². The first-order valence-corrected chi connectivity index (χ1v) is 5.52. The number of rotatable bonds is 2. The molecule has 0 atom stereocenters. The summed E-state index contributed by atoms with van der Waals surface area (Å²) in [6, 6.07) is 5.31. The van der Waals surface area contributed by atoms with Crippen LogP contribution in [0.1, 0.15) is 21.6 Å². The van der Waals surface area contributed by atoms with E-state index in [1.807, 2.05) is 19.9 Å². The molecule has 0 saturated heterocycles. The lowest BCUT2D eigenvalue weighted by molar-refractivity contribution is 0.102. The second-order valence-corrected chi connectivity index (χ2v) is 4.09. The lowest BCUT2D eigenvalue weighted by Gasteiger charge is -2.07. The summed E-state index contributed by atoms with van der Waals surface area (Å²) >= 11 is 0. The Morgan fingerprint density at radius 2 is 2.06 bits per heavy atom. The fourth-order valence-electron chi connectivity index (χ4n) is 1.56. The average Bonchev–Trinajstić information content (AvgIpc) is 2.28. The summed E-state index contributed by atoms with van der Waals surface area (Å²) in [5, 5.41) is 2.69. The Labute approximate surface area is 105 Å². The number of nitrogens with zero attached hydrogens (tertiary/aromatic N) is 2. The fourth-order valence-corrected chi connectivity index (χ4v) is 1.56. The van der Waals surface area contributed by atoms with Crippen LogP contribution in [0, 0.1) is 13.8 Å². The molecule has 0 radical (unpaired) electrons. The molecule has 2 aromatic rings. The zero-order valence-electron chi connectivity index (χ0n) is 10.3. The van der Waals surface area contributed by atoms with Crippen molar-refractivity contribution in [2.24, 2.45) is 0 Å². The summed E-state index contributed by atoms with van der Waals surface area (Å²) < 4.78 is 0. The summed E-state index contributed by atoms with van der Waals surface area (Å²) in [6.45, 7) is 3.75. The van der Waals surface area contributed by atoms with Crippen LogP contribution < -0.4 is 11.1 Å². The van der Waals surface area contributed by atoms with Crippen LogP contribution in [-0.4, -0.2) is 15.9 Å². The standard InChI is InChI=1S/C13H14N4O/c1-8-3-4-15-12(5-8)17-13(18)10-7-16-9(2)6-11(10)14/h3-7H,1-2H3,(H2,14,16)(H,15,17,18). The molecule has 92 valence electrons. The molecule has 2 aromatic heterocycles. The van der Waals surface area contributed by atoms with E-state index in [-0.39, 0.29) is 5.91 Å². The first-order valence-electron chi connectivity index (χ1n) is 5.52. The summed E-state index contributed by atoms with van der Waals surface area (Å²) in [5.74, 6) is 0.193. The Morgan fingerprint density at radius 1 is 1.28 bits per heavy atom. The van der Waals surface area contributed by atoms with Crippen molar-refractivity contribution < 1.29 is 4.79 Å². The number of hydrogen-bond acceptors (Lipinski definition) is 4. The topological polar surface area (TPSA) is 80.9 Å². The minimum atomic E-state index is -0.307. The van der Waals surface area contributed by atoms with Gasteiger partial charge in [0.25, 0.3) is 5.91 Å². The molecule has 0 spiro atoms. The third kappa shape index (κ3) is 2.63. The van der Waals surface area contributed by atoms with E-state index < -0.39 is 0 Å². The first-order chi connectivity index (χ1) is 8.56. The second-order valence-electron chi connectivity index (χ2n) is 4.09. The molecule has 0 aliphatic heterocycles. The molecule has 5 nitrogen and oxygen atoms in total. The number of nitrogen functional groups attached to an aromatic ring is 1. The number of nitrogens with two attached hydrogens (primary N) is 1. The van der Waals surface area contributed by atoms with Crippen LogP contribution in [0.2, 0.25) is 0 Å². The molecule has 5 heteroatoms. The van der Waals surface area contributed by atoms with Crippen molar-refractivity contribution in [1.29, 1.82) is 0 Å². The Balaban J connectivity index is 2.22. The molecule has 2 heterocycles. The largest absolute Gasteiger partial charge is 0.398 e. The third-order valence-electron chi connectivity index (χ3n) is 2.47. The van der Waals surface area contributed by atoms with Crippen molar-refractivity contribution in [2.75, 3.05) is 11.1 Å². The van der Waals surface area contributed by atoms with Gasteiger partial charge in [-0.2, -0.15) is 0 Å². The molecule has 0 bridgehead atoms. The highest BCUT2D eigenvalue weighted by Gasteiger charge is 2.11. The quantitative estimate of drug-likeness (QED) is 0.843. The minimum Gasteiger partial charge on any atom is -0.398 e. The maximum absolute atomic E-state index is 12.0. The summed E-state index contributed by atoms with van der Waals surface area (Å²) in [4.78, 5) is 20.1. The summed E-state index contributed by atoms with van der Waals surface area (Å²) in [6.07, 6.45) is 3.11. The van der Waals surface area contributed by atoms with Crippen molar-refractivity contribution in [3.05, 3.63) is 47.4 Å². The Morgan fingerprint density at radius 3 is 2.72 bits per heavy atom. The van der Waals surface area contributed by atoms with E-state index in [0.29, 0.717) is 17.1 Å². The van der Waals surface area contributed by atoms with Gasteiger partial charge >= 0.3 is 0 Å². The normalized spacial score (nSPS) is 10.1. The van der Waals surface area contributed by atoms with Crippen LogP contribution in [0.25, 0.3) is 0 Å². The van der Waals surface area contributed by atoms with Crippen molar-refractivity contribution in [3.8, 4) is 0 Å². The van der Waals surface area contributed by atoms with Gasteiger partial charge in [0.1, 0.15) is 5.82 Å². The first kappa shape index (κ1) is 12.0. The predicted molar refractivity (Wildman–Crippen MR) is 70.3 cm³/mol. The Kier molecular flexibility index (Phi) is 3.23. The molecule has 0 saturated carbocycles. The van der Waals surface area contributed by atoms with Crippen LogP contribution in [0.5, 0.6) is 0 Å². The van der Waals surface area contributed by atoms with Gasteiger partial charge in [0.2, 0.25) is 0 Å². The van der Waals surface area contributed by atoms with Crippen molar-refractivity contribution >= 4 is 17.4 Å². The number of aromatic nitrogens is 2. The average molecular weight is 242 g/mol. The summed E-state index contributed by atoms with van der Waals surface area (Å²) in [5.41, 5.74) is 8.34. The van der Waals surface area contributed by atoms with Crippen LogP contribution in [0.4, 0.5) is 11.5 Å². The highest BCUT2D eigenvalue weighted by Crippen LogP contribution is 2.14. The van der Waals surface area contributed by atoms with Gasteiger partial charge in [-0.3, -0.25) is 9.78 Å². The van der Waals surface area contributed by atoms with E-state index in [9.17, 15) is 4.79 Å². The molecular formula is C13H14N4O. The molecule has 0 fully saturated rings. The lowest BCUT2D eigenvalue weighted by Crippen LogP contribution is -2.15. The summed E-state index contributed by atoms with van der Waals surface area (Å²) in [7, 11) is 0. The number of aryl methyl sites for hydroxylation is 2. The van der Waals surface area contributed by atoms with Gasteiger partial charge in [-0.15, -0.1) is 0 Å². The molecule has 2 rings (SSSR count). The number of amides is 1. The van der Waals surface area contributed by atoms with Crippen molar-refractivity contribution in [2.45, 2.75) is 13.8 Å². The van der Waals surface area contributed by atoms with Crippen LogP contribution >= 0.6 is 0 Å². The molecule has 0 unspecified atom stereocenters. The zero-order valence-corrected chi connectivity index (χ0v) is 10.3. The molecular weight excluding hydrogens is 228 g/mol. The molecule has 0 aliphatic carbocycles. The number of anilines is 2. The highest BCUT2D eigenvalue weighted by atomic mass is 16.1. The predicted octanol–water partition coefficient (Wildman–Crippen LogP) is 1.93. The molecule has 18 heavy (non-hydrogen) atoms. The van der Waals surface area contributed by atoms with Gasteiger partial charge in [-0.25, -0.2) is 4.98 Å². The number of carbonyl (C=O) groups excluding carboxylic acids is 1. The van der Waals surface area contributed by atoms with Gasteiger partial charge in [-0.1, -0.05) is 0 Å². The van der Waals surface area contributed by atoms with E-state index in [0.717, 1.165) is 11.3 Å². The van der Waals surface area contributed by atoms with Crippen LogP contribution in [0.3, 0.4) is 0 Å². The lowest BCUT2D eigenvalue weighted by atomic mass is 10.2. The molecule has 0 aliphatic rings. The molecule has 1 amide bonds. The van der Waals surface area contributed by atoms with E-state index in [2.05, 4.69) is 15.3 Å². The van der Waals surface area contributed by atoms with E-state index in [1.54, 1.807) is 18.3 Å². The highest BCUT2D eigenvalue weighted by molar-refractivity contribution is 6.07. The van der Waals surface area contributed by atoms with Gasteiger partial charge in [-0.05, 0) is 37.6 Å². The van der Waals surface area contributed by atoms with Crippen molar-refractivity contribution in [1.82, 2.24) is 9.97 Å². The van der Waals surface area contributed by atoms with Crippen LogP contribution in [-0.2, 0) is 0 Å².